The Hall–Kier alpha value is -1.61. The van der Waals surface area contributed by atoms with Gasteiger partial charge in [0.1, 0.15) is 0 Å². The van der Waals surface area contributed by atoms with Crippen molar-refractivity contribution in [2.24, 2.45) is 0 Å². The standard InChI is InChI=1S/C13H15NO2/c1-10(15)12-9-14(7-8-16-2)13-6-4-3-5-11(12)13/h3-6,9H,7-8H2,1-2H3. The molecule has 3 nitrogen and oxygen atoms in total. The number of carbonyl (C=O) groups is 1. The van der Waals surface area contributed by atoms with E-state index in [4.69, 9.17) is 4.74 Å². The lowest BCUT2D eigenvalue weighted by Crippen LogP contribution is -2.02. The van der Waals surface area contributed by atoms with E-state index in [0.29, 0.717) is 6.61 Å². The van der Waals surface area contributed by atoms with Crippen LogP contribution < -0.4 is 0 Å². The minimum absolute atomic E-state index is 0.104. The molecule has 1 heterocycles. The highest BCUT2D eigenvalue weighted by Gasteiger charge is 2.10. The zero-order valence-corrected chi connectivity index (χ0v) is 9.56. The van der Waals surface area contributed by atoms with Gasteiger partial charge in [0.05, 0.1) is 6.61 Å². The number of carbonyl (C=O) groups excluding carboxylic acids is 1. The molecule has 3 heteroatoms. The lowest BCUT2D eigenvalue weighted by Gasteiger charge is -2.03. The molecule has 0 unspecified atom stereocenters. The summed E-state index contributed by atoms with van der Waals surface area (Å²) in [5, 5.41) is 1.02. The smallest absolute Gasteiger partial charge is 0.161 e. The van der Waals surface area contributed by atoms with Gasteiger partial charge in [0.2, 0.25) is 0 Å². The van der Waals surface area contributed by atoms with Crippen molar-refractivity contribution < 1.29 is 9.53 Å². The lowest BCUT2D eigenvalue weighted by atomic mass is 10.1. The zero-order valence-electron chi connectivity index (χ0n) is 9.56. The minimum Gasteiger partial charge on any atom is -0.383 e. The number of Topliss-reactive ketones (excluding diaryl/α,β-unsaturated/α-hetero) is 1. The topological polar surface area (TPSA) is 31.2 Å². The van der Waals surface area contributed by atoms with Crippen LogP contribution in [0, 0.1) is 0 Å². The molecule has 1 aromatic heterocycles. The molecule has 2 rings (SSSR count). The van der Waals surface area contributed by atoms with Crippen LogP contribution in [0.3, 0.4) is 0 Å². The molecule has 84 valence electrons. The van der Waals surface area contributed by atoms with E-state index in [-0.39, 0.29) is 5.78 Å². The number of ether oxygens (including phenoxy) is 1. The molecule has 0 radical (unpaired) electrons. The Morgan fingerprint density at radius 3 is 2.81 bits per heavy atom. The van der Waals surface area contributed by atoms with Crippen LogP contribution in [0.2, 0.25) is 0 Å². The maximum absolute atomic E-state index is 11.5. The number of methoxy groups -OCH3 is 1. The molecule has 0 N–H and O–H groups in total. The number of fused-ring (bicyclic) bond motifs is 1. The van der Waals surface area contributed by atoms with E-state index in [1.165, 1.54) is 0 Å². The van der Waals surface area contributed by atoms with E-state index >= 15 is 0 Å². The Kier molecular flexibility index (Phi) is 3.06. The molecule has 16 heavy (non-hydrogen) atoms. The number of hydrogen-bond donors (Lipinski definition) is 0. The van der Waals surface area contributed by atoms with Crippen molar-refractivity contribution in [3.8, 4) is 0 Å². The van der Waals surface area contributed by atoms with Crippen LogP contribution in [0.1, 0.15) is 17.3 Å². The first kappa shape index (κ1) is 10.9. The van der Waals surface area contributed by atoms with Gasteiger partial charge >= 0.3 is 0 Å². The highest BCUT2D eigenvalue weighted by Crippen LogP contribution is 2.21. The number of benzene rings is 1. The Morgan fingerprint density at radius 1 is 1.38 bits per heavy atom. The van der Waals surface area contributed by atoms with Crippen molar-refractivity contribution in [1.29, 1.82) is 0 Å². The molecule has 0 saturated carbocycles. The SMILES string of the molecule is COCCn1cc(C(C)=O)c2ccccc21. The molecule has 0 bridgehead atoms. The molecule has 0 aliphatic rings. The van der Waals surface area contributed by atoms with Gasteiger partial charge in [0, 0.05) is 36.3 Å². The van der Waals surface area contributed by atoms with Gasteiger partial charge in [0.15, 0.2) is 5.78 Å². The Morgan fingerprint density at radius 2 is 2.12 bits per heavy atom. The van der Waals surface area contributed by atoms with Gasteiger partial charge in [0.25, 0.3) is 0 Å². The van der Waals surface area contributed by atoms with Crippen LogP contribution in [0.25, 0.3) is 10.9 Å². The summed E-state index contributed by atoms with van der Waals surface area (Å²) in [5.74, 6) is 0.104. The summed E-state index contributed by atoms with van der Waals surface area (Å²) in [5.41, 5.74) is 1.87. The minimum atomic E-state index is 0.104. The molecule has 1 aromatic carbocycles. The number of nitrogens with zero attached hydrogens (tertiary/aromatic N) is 1. The molecule has 0 atom stereocenters. The first-order valence-electron chi connectivity index (χ1n) is 5.32. The summed E-state index contributed by atoms with van der Waals surface area (Å²) >= 11 is 0. The Bertz CT molecular complexity index is 514. The van der Waals surface area contributed by atoms with Gasteiger partial charge in [-0.3, -0.25) is 4.79 Å². The summed E-state index contributed by atoms with van der Waals surface area (Å²) in [6.45, 7) is 3.02. The second-order valence-electron chi connectivity index (χ2n) is 3.80. The van der Waals surface area contributed by atoms with Crippen LogP contribution in [0.5, 0.6) is 0 Å². The van der Waals surface area contributed by atoms with E-state index in [1.807, 2.05) is 30.5 Å². The fraction of sp³-hybridized carbons (Fsp3) is 0.308. The number of ketones is 1. The lowest BCUT2D eigenvalue weighted by molar-refractivity contribution is 0.101. The molecule has 0 aliphatic carbocycles. The zero-order chi connectivity index (χ0) is 11.5. The predicted molar refractivity (Wildman–Crippen MR) is 63.8 cm³/mol. The third kappa shape index (κ3) is 1.86. The van der Waals surface area contributed by atoms with Crippen LogP contribution in [-0.4, -0.2) is 24.1 Å². The molecule has 0 saturated heterocycles. The third-order valence-electron chi connectivity index (χ3n) is 2.70. The highest BCUT2D eigenvalue weighted by molar-refractivity contribution is 6.06. The average Bonchev–Trinajstić information content (AvgIpc) is 2.65. The van der Waals surface area contributed by atoms with Crippen molar-refractivity contribution in [2.45, 2.75) is 13.5 Å². The van der Waals surface area contributed by atoms with Crippen molar-refractivity contribution in [3.63, 3.8) is 0 Å². The maximum atomic E-state index is 11.5. The van der Waals surface area contributed by atoms with E-state index in [9.17, 15) is 4.79 Å². The van der Waals surface area contributed by atoms with Crippen LogP contribution in [0.15, 0.2) is 30.5 Å². The molecule has 0 amide bonds. The largest absolute Gasteiger partial charge is 0.383 e. The van der Waals surface area contributed by atoms with Crippen LogP contribution in [0.4, 0.5) is 0 Å². The van der Waals surface area contributed by atoms with Crippen molar-refractivity contribution in [3.05, 3.63) is 36.0 Å². The van der Waals surface area contributed by atoms with E-state index in [0.717, 1.165) is 23.0 Å². The maximum Gasteiger partial charge on any atom is 0.161 e. The van der Waals surface area contributed by atoms with Crippen LogP contribution >= 0.6 is 0 Å². The molecular formula is C13H15NO2. The first-order valence-corrected chi connectivity index (χ1v) is 5.32. The molecule has 0 fully saturated rings. The second kappa shape index (κ2) is 4.49. The van der Waals surface area contributed by atoms with Crippen molar-refractivity contribution in [2.75, 3.05) is 13.7 Å². The fourth-order valence-corrected chi connectivity index (χ4v) is 1.90. The molecule has 2 aromatic rings. The average molecular weight is 217 g/mol. The van der Waals surface area contributed by atoms with Crippen molar-refractivity contribution >= 4 is 16.7 Å². The second-order valence-corrected chi connectivity index (χ2v) is 3.80. The molecular weight excluding hydrogens is 202 g/mol. The summed E-state index contributed by atoms with van der Waals surface area (Å²) in [6.07, 6.45) is 1.91. The Balaban J connectivity index is 2.53. The van der Waals surface area contributed by atoms with Gasteiger partial charge in [-0.15, -0.1) is 0 Å². The van der Waals surface area contributed by atoms with E-state index < -0.39 is 0 Å². The van der Waals surface area contributed by atoms with Gasteiger partial charge in [-0.05, 0) is 13.0 Å². The number of para-hydroxylation sites is 1. The summed E-state index contributed by atoms with van der Waals surface area (Å²) in [7, 11) is 1.68. The van der Waals surface area contributed by atoms with Gasteiger partial charge in [-0.2, -0.15) is 0 Å². The van der Waals surface area contributed by atoms with Crippen molar-refractivity contribution in [1.82, 2.24) is 4.57 Å². The molecule has 0 aliphatic heterocycles. The van der Waals surface area contributed by atoms with Gasteiger partial charge in [-0.25, -0.2) is 0 Å². The van der Waals surface area contributed by atoms with Gasteiger partial charge < -0.3 is 9.30 Å². The molecule has 0 spiro atoms. The predicted octanol–water partition coefficient (Wildman–Crippen LogP) is 2.49. The summed E-state index contributed by atoms with van der Waals surface area (Å²) in [4.78, 5) is 11.5. The number of hydrogen-bond acceptors (Lipinski definition) is 2. The highest BCUT2D eigenvalue weighted by atomic mass is 16.5. The summed E-state index contributed by atoms with van der Waals surface area (Å²) in [6, 6.07) is 7.94. The van der Waals surface area contributed by atoms with E-state index in [1.54, 1.807) is 14.0 Å². The number of rotatable bonds is 4. The summed E-state index contributed by atoms with van der Waals surface area (Å²) < 4.78 is 7.12. The third-order valence-corrected chi connectivity index (χ3v) is 2.70. The van der Waals surface area contributed by atoms with E-state index in [2.05, 4.69) is 4.57 Å². The normalized spacial score (nSPS) is 10.9. The monoisotopic (exact) mass is 217 g/mol. The number of aromatic nitrogens is 1. The Labute approximate surface area is 94.6 Å². The fourth-order valence-electron chi connectivity index (χ4n) is 1.90. The van der Waals surface area contributed by atoms with Gasteiger partial charge in [-0.1, -0.05) is 18.2 Å². The first-order chi connectivity index (χ1) is 7.74. The quantitative estimate of drug-likeness (QED) is 0.737. The van der Waals surface area contributed by atoms with Crippen LogP contribution in [-0.2, 0) is 11.3 Å².